The van der Waals surface area contributed by atoms with Gasteiger partial charge in [-0.1, -0.05) is 37.1 Å². The molecule has 0 amide bonds. The SMILES string of the molecule is C=C(C)[C@H]1CC2=C(CC[C@@H]2C)[C@@H](C)C[C@H]1O. The van der Waals surface area contributed by atoms with Gasteiger partial charge in [-0.3, -0.25) is 0 Å². The Morgan fingerprint density at radius 2 is 1.94 bits per heavy atom. The molecule has 4 atom stereocenters. The Kier molecular flexibility index (Phi) is 3.25. The lowest BCUT2D eigenvalue weighted by Crippen LogP contribution is -2.22. The summed E-state index contributed by atoms with van der Waals surface area (Å²) >= 11 is 0. The Hall–Kier alpha value is -0.560. The van der Waals surface area contributed by atoms with Gasteiger partial charge in [-0.25, -0.2) is 0 Å². The van der Waals surface area contributed by atoms with Crippen LogP contribution in [0.25, 0.3) is 0 Å². The molecule has 0 saturated carbocycles. The zero-order valence-electron chi connectivity index (χ0n) is 10.8. The third-order valence-electron chi connectivity index (χ3n) is 4.58. The molecule has 0 unspecified atom stereocenters. The van der Waals surface area contributed by atoms with Crippen LogP contribution < -0.4 is 0 Å². The highest BCUT2D eigenvalue weighted by Crippen LogP contribution is 2.45. The van der Waals surface area contributed by atoms with Crippen molar-refractivity contribution in [2.45, 2.75) is 52.6 Å². The number of aliphatic hydroxyl groups excluding tert-OH is 1. The number of hydrogen-bond acceptors (Lipinski definition) is 1. The van der Waals surface area contributed by atoms with Crippen LogP contribution in [-0.2, 0) is 0 Å². The fourth-order valence-corrected chi connectivity index (χ4v) is 3.46. The van der Waals surface area contributed by atoms with Crippen molar-refractivity contribution >= 4 is 0 Å². The summed E-state index contributed by atoms with van der Waals surface area (Å²) in [4.78, 5) is 0. The lowest BCUT2D eigenvalue weighted by molar-refractivity contribution is 0.107. The van der Waals surface area contributed by atoms with Gasteiger partial charge in [-0.05, 0) is 44.4 Å². The summed E-state index contributed by atoms with van der Waals surface area (Å²) in [7, 11) is 0. The van der Waals surface area contributed by atoms with Gasteiger partial charge in [0, 0.05) is 5.92 Å². The number of aliphatic hydroxyl groups is 1. The molecule has 2 aliphatic rings. The highest BCUT2D eigenvalue weighted by atomic mass is 16.3. The molecule has 0 fully saturated rings. The van der Waals surface area contributed by atoms with Gasteiger partial charge in [-0.2, -0.15) is 0 Å². The molecule has 0 radical (unpaired) electrons. The van der Waals surface area contributed by atoms with Crippen LogP contribution in [0.4, 0.5) is 0 Å². The molecule has 0 aromatic carbocycles. The first kappa shape index (κ1) is 11.9. The molecule has 0 aliphatic heterocycles. The fraction of sp³-hybridized carbons (Fsp3) is 0.733. The molecular weight excluding hydrogens is 196 g/mol. The Morgan fingerprint density at radius 1 is 1.25 bits per heavy atom. The van der Waals surface area contributed by atoms with Gasteiger partial charge in [0.2, 0.25) is 0 Å². The molecule has 90 valence electrons. The average Bonchev–Trinajstić information content (AvgIpc) is 2.49. The third-order valence-corrected chi connectivity index (χ3v) is 4.58. The van der Waals surface area contributed by atoms with Gasteiger partial charge in [0.25, 0.3) is 0 Å². The highest BCUT2D eigenvalue weighted by Gasteiger charge is 2.34. The van der Waals surface area contributed by atoms with Crippen LogP contribution in [0, 0.1) is 17.8 Å². The van der Waals surface area contributed by atoms with Gasteiger partial charge in [-0.15, -0.1) is 0 Å². The molecule has 16 heavy (non-hydrogen) atoms. The minimum atomic E-state index is -0.190. The smallest absolute Gasteiger partial charge is 0.0613 e. The molecule has 1 heteroatoms. The highest BCUT2D eigenvalue weighted by molar-refractivity contribution is 5.28. The molecule has 0 aromatic heterocycles. The van der Waals surface area contributed by atoms with Gasteiger partial charge in [0.05, 0.1) is 6.10 Å². The van der Waals surface area contributed by atoms with E-state index in [-0.39, 0.29) is 12.0 Å². The molecule has 2 rings (SSSR count). The summed E-state index contributed by atoms with van der Waals surface area (Å²) in [5.41, 5.74) is 4.43. The molecule has 1 N–H and O–H groups in total. The van der Waals surface area contributed by atoms with Crippen molar-refractivity contribution in [1.29, 1.82) is 0 Å². The lowest BCUT2D eigenvalue weighted by Gasteiger charge is -2.23. The largest absolute Gasteiger partial charge is 0.392 e. The Morgan fingerprint density at radius 3 is 2.56 bits per heavy atom. The summed E-state index contributed by atoms with van der Waals surface area (Å²) in [5, 5.41) is 10.2. The first-order valence-electron chi connectivity index (χ1n) is 6.56. The Bertz CT molecular complexity index is 326. The van der Waals surface area contributed by atoms with Gasteiger partial charge < -0.3 is 5.11 Å². The van der Waals surface area contributed by atoms with Crippen LogP contribution in [-0.4, -0.2) is 11.2 Å². The maximum Gasteiger partial charge on any atom is 0.0613 e. The van der Waals surface area contributed by atoms with Crippen molar-refractivity contribution in [3.63, 3.8) is 0 Å². The standard InChI is InChI=1S/C15H24O/c1-9(2)13-8-14-10(3)5-6-12(14)11(4)7-15(13)16/h10-11,13,15-16H,1,5-8H2,2-4H3/t10-,11-,13+,15+/m0/s1. The summed E-state index contributed by atoms with van der Waals surface area (Å²) in [6, 6.07) is 0. The normalized spacial score (nSPS) is 39.5. The molecule has 0 saturated heterocycles. The van der Waals surface area contributed by atoms with E-state index in [0.717, 1.165) is 24.3 Å². The molecule has 0 aromatic rings. The van der Waals surface area contributed by atoms with E-state index in [4.69, 9.17) is 0 Å². The van der Waals surface area contributed by atoms with E-state index in [1.807, 2.05) is 0 Å². The Balaban J connectivity index is 2.29. The van der Waals surface area contributed by atoms with Crippen LogP contribution in [0.1, 0.15) is 46.5 Å². The van der Waals surface area contributed by atoms with E-state index in [2.05, 4.69) is 27.4 Å². The second kappa shape index (κ2) is 4.37. The van der Waals surface area contributed by atoms with E-state index >= 15 is 0 Å². The quantitative estimate of drug-likeness (QED) is 0.668. The second-order valence-corrected chi connectivity index (χ2v) is 5.85. The van der Waals surface area contributed by atoms with Crippen molar-refractivity contribution in [2.24, 2.45) is 17.8 Å². The minimum absolute atomic E-state index is 0.190. The zero-order valence-corrected chi connectivity index (χ0v) is 10.8. The summed E-state index contributed by atoms with van der Waals surface area (Å²) in [6.45, 7) is 10.7. The Labute approximate surface area is 99.3 Å². The van der Waals surface area contributed by atoms with Crippen molar-refractivity contribution in [3.05, 3.63) is 23.3 Å². The number of rotatable bonds is 1. The monoisotopic (exact) mass is 220 g/mol. The first-order valence-corrected chi connectivity index (χ1v) is 6.56. The lowest BCUT2D eigenvalue weighted by atomic mass is 9.85. The molecular formula is C15H24O. The first-order chi connectivity index (χ1) is 7.50. The molecule has 0 heterocycles. The minimum Gasteiger partial charge on any atom is -0.392 e. The summed E-state index contributed by atoms with van der Waals surface area (Å²) < 4.78 is 0. The number of allylic oxidation sites excluding steroid dienone is 2. The molecule has 0 spiro atoms. The maximum absolute atomic E-state index is 10.2. The zero-order chi connectivity index (χ0) is 11.9. The average molecular weight is 220 g/mol. The maximum atomic E-state index is 10.2. The number of hydrogen-bond donors (Lipinski definition) is 1. The van der Waals surface area contributed by atoms with E-state index in [9.17, 15) is 5.11 Å². The van der Waals surface area contributed by atoms with Crippen molar-refractivity contribution in [3.8, 4) is 0 Å². The van der Waals surface area contributed by atoms with Crippen molar-refractivity contribution in [2.75, 3.05) is 0 Å². The van der Waals surface area contributed by atoms with E-state index < -0.39 is 0 Å². The van der Waals surface area contributed by atoms with Crippen LogP contribution in [0.3, 0.4) is 0 Å². The molecule has 0 bridgehead atoms. The second-order valence-electron chi connectivity index (χ2n) is 5.85. The molecule has 1 nitrogen and oxygen atoms in total. The van der Waals surface area contributed by atoms with Crippen molar-refractivity contribution in [1.82, 2.24) is 0 Å². The van der Waals surface area contributed by atoms with E-state index in [1.54, 1.807) is 11.1 Å². The third kappa shape index (κ3) is 1.98. The summed E-state index contributed by atoms with van der Waals surface area (Å²) in [6.07, 6.45) is 4.35. The fourth-order valence-electron chi connectivity index (χ4n) is 3.46. The predicted octanol–water partition coefficient (Wildman–Crippen LogP) is 3.70. The van der Waals surface area contributed by atoms with Crippen LogP contribution in [0.2, 0.25) is 0 Å². The molecule has 2 aliphatic carbocycles. The van der Waals surface area contributed by atoms with Crippen LogP contribution in [0.15, 0.2) is 23.3 Å². The van der Waals surface area contributed by atoms with Crippen molar-refractivity contribution < 1.29 is 5.11 Å². The van der Waals surface area contributed by atoms with Crippen LogP contribution >= 0.6 is 0 Å². The van der Waals surface area contributed by atoms with Gasteiger partial charge in [0.1, 0.15) is 0 Å². The van der Waals surface area contributed by atoms with Crippen LogP contribution in [0.5, 0.6) is 0 Å². The summed E-state index contributed by atoms with van der Waals surface area (Å²) in [5.74, 6) is 1.58. The topological polar surface area (TPSA) is 20.2 Å². The predicted molar refractivity (Wildman–Crippen MR) is 68.1 cm³/mol. The van der Waals surface area contributed by atoms with E-state index in [1.165, 1.54) is 12.8 Å². The van der Waals surface area contributed by atoms with Gasteiger partial charge >= 0.3 is 0 Å². The van der Waals surface area contributed by atoms with E-state index in [0.29, 0.717) is 5.92 Å². The van der Waals surface area contributed by atoms with Gasteiger partial charge in [0.15, 0.2) is 0 Å².